The van der Waals surface area contributed by atoms with Gasteiger partial charge >= 0.3 is 0 Å². The Morgan fingerprint density at radius 1 is 1.12 bits per heavy atom. The van der Waals surface area contributed by atoms with Crippen molar-refractivity contribution in [2.45, 2.75) is 45.8 Å². The average molecular weight is 355 g/mol. The Hall–Kier alpha value is -2.69. The van der Waals surface area contributed by atoms with E-state index in [-0.39, 0.29) is 18.1 Å². The predicted octanol–water partition coefficient (Wildman–Crippen LogP) is 3.80. The number of ether oxygens (including phenoxy) is 3. The van der Waals surface area contributed by atoms with Gasteiger partial charge in [0.1, 0.15) is 5.75 Å². The van der Waals surface area contributed by atoms with Crippen molar-refractivity contribution >= 4 is 5.91 Å². The smallest absolute Gasteiger partial charge is 0.261 e. The molecule has 0 aliphatic carbocycles. The van der Waals surface area contributed by atoms with Crippen LogP contribution >= 0.6 is 0 Å². The Morgan fingerprint density at radius 3 is 2.50 bits per heavy atom. The largest absolute Gasteiger partial charge is 0.481 e. The van der Waals surface area contributed by atoms with Crippen LogP contribution in [0.5, 0.6) is 17.2 Å². The summed E-state index contributed by atoms with van der Waals surface area (Å²) >= 11 is 0. The number of fused-ring (bicyclic) bond motifs is 1. The Labute approximate surface area is 154 Å². The molecule has 1 aliphatic rings. The Kier molecular flexibility index (Phi) is 5.07. The summed E-state index contributed by atoms with van der Waals surface area (Å²) in [6.07, 6.45) is -0.579. The highest BCUT2D eigenvalue weighted by molar-refractivity contribution is 5.80. The monoisotopic (exact) mass is 355 g/mol. The summed E-state index contributed by atoms with van der Waals surface area (Å²) in [5.41, 5.74) is 2.26. The number of carbonyl (C=O) groups excluding carboxylic acids is 1. The normalized spacial score (nSPS) is 14.0. The highest BCUT2D eigenvalue weighted by Crippen LogP contribution is 2.32. The van der Waals surface area contributed by atoms with Crippen molar-refractivity contribution in [3.63, 3.8) is 0 Å². The Balaban J connectivity index is 1.53. The fourth-order valence-corrected chi connectivity index (χ4v) is 2.67. The maximum Gasteiger partial charge on any atom is 0.261 e. The number of hydrogen-bond donors (Lipinski definition) is 1. The molecule has 5 nitrogen and oxygen atoms in total. The van der Waals surface area contributed by atoms with Gasteiger partial charge in [-0.25, -0.2) is 0 Å². The first-order valence-electron chi connectivity index (χ1n) is 8.76. The van der Waals surface area contributed by atoms with E-state index in [2.05, 4.69) is 26.1 Å². The summed E-state index contributed by atoms with van der Waals surface area (Å²) < 4.78 is 16.4. The molecule has 0 spiro atoms. The first-order chi connectivity index (χ1) is 12.3. The van der Waals surface area contributed by atoms with Gasteiger partial charge in [0.05, 0.1) is 0 Å². The molecule has 1 amide bonds. The molecule has 138 valence electrons. The fourth-order valence-electron chi connectivity index (χ4n) is 2.67. The van der Waals surface area contributed by atoms with Crippen LogP contribution < -0.4 is 19.5 Å². The summed E-state index contributed by atoms with van der Waals surface area (Å²) in [7, 11) is 0. The van der Waals surface area contributed by atoms with Gasteiger partial charge in [0, 0.05) is 6.54 Å². The van der Waals surface area contributed by atoms with Gasteiger partial charge in [-0.2, -0.15) is 0 Å². The van der Waals surface area contributed by atoms with Gasteiger partial charge in [0.2, 0.25) is 6.79 Å². The average Bonchev–Trinajstić information content (AvgIpc) is 3.07. The molecule has 0 saturated carbocycles. The molecule has 0 radical (unpaired) electrons. The minimum absolute atomic E-state index is 0.0894. The van der Waals surface area contributed by atoms with Gasteiger partial charge in [0.25, 0.3) is 5.91 Å². The zero-order valence-corrected chi connectivity index (χ0v) is 15.7. The molecule has 0 fully saturated rings. The molecule has 0 aromatic heterocycles. The third kappa shape index (κ3) is 4.28. The molecule has 2 aromatic rings. The van der Waals surface area contributed by atoms with Crippen LogP contribution in [-0.4, -0.2) is 18.8 Å². The topological polar surface area (TPSA) is 56.8 Å². The van der Waals surface area contributed by atoms with Crippen LogP contribution in [-0.2, 0) is 16.8 Å². The summed E-state index contributed by atoms with van der Waals surface area (Å²) in [4.78, 5) is 12.3. The van der Waals surface area contributed by atoms with E-state index in [1.807, 2.05) is 42.5 Å². The SMILES string of the molecule is C[C@@H](Oc1ccc(C(C)(C)C)cc1)C(=O)NCc1ccc2c(c1)OCO2. The predicted molar refractivity (Wildman–Crippen MR) is 99.6 cm³/mol. The van der Waals surface area contributed by atoms with Crippen molar-refractivity contribution in [1.82, 2.24) is 5.32 Å². The van der Waals surface area contributed by atoms with Crippen molar-refractivity contribution in [1.29, 1.82) is 0 Å². The summed E-state index contributed by atoms with van der Waals surface area (Å²) in [6, 6.07) is 13.5. The zero-order chi connectivity index (χ0) is 18.7. The van der Waals surface area contributed by atoms with Crippen molar-refractivity contribution in [2.75, 3.05) is 6.79 Å². The number of rotatable bonds is 5. The minimum Gasteiger partial charge on any atom is -0.481 e. The molecular formula is C21H25NO4. The molecule has 5 heteroatoms. The number of amides is 1. The van der Waals surface area contributed by atoms with Crippen LogP contribution in [0.1, 0.15) is 38.8 Å². The van der Waals surface area contributed by atoms with Crippen LogP contribution in [0.3, 0.4) is 0 Å². The molecule has 1 atom stereocenters. The zero-order valence-electron chi connectivity index (χ0n) is 15.7. The highest BCUT2D eigenvalue weighted by Gasteiger charge is 2.17. The molecule has 1 N–H and O–H groups in total. The van der Waals surface area contributed by atoms with Crippen LogP contribution in [0.2, 0.25) is 0 Å². The van der Waals surface area contributed by atoms with Gasteiger partial charge in [-0.1, -0.05) is 39.0 Å². The Bertz CT molecular complexity index is 778. The second-order valence-corrected chi connectivity index (χ2v) is 7.44. The number of hydrogen-bond acceptors (Lipinski definition) is 4. The first kappa shape index (κ1) is 18.1. The van der Waals surface area contributed by atoms with Crippen LogP contribution in [0, 0.1) is 0 Å². The quantitative estimate of drug-likeness (QED) is 0.886. The lowest BCUT2D eigenvalue weighted by molar-refractivity contribution is -0.127. The molecule has 0 unspecified atom stereocenters. The number of carbonyl (C=O) groups is 1. The van der Waals surface area contributed by atoms with E-state index >= 15 is 0 Å². The number of nitrogens with one attached hydrogen (secondary N) is 1. The molecule has 0 bridgehead atoms. The van der Waals surface area contributed by atoms with Gasteiger partial charge in [0.15, 0.2) is 17.6 Å². The Morgan fingerprint density at radius 2 is 1.81 bits per heavy atom. The van der Waals surface area contributed by atoms with Crippen LogP contribution in [0.4, 0.5) is 0 Å². The molecule has 1 heterocycles. The summed E-state index contributed by atoms with van der Waals surface area (Å²) in [5, 5.41) is 2.89. The lowest BCUT2D eigenvalue weighted by Gasteiger charge is -2.20. The van der Waals surface area contributed by atoms with Crippen LogP contribution in [0.25, 0.3) is 0 Å². The van der Waals surface area contributed by atoms with E-state index in [0.29, 0.717) is 18.0 Å². The molecule has 26 heavy (non-hydrogen) atoms. The van der Waals surface area contributed by atoms with E-state index in [1.54, 1.807) is 6.92 Å². The molecule has 0 saturated heterocycles. The first-order valence-corrected chi connectivity index (χ1v) is 8.76. The molecule has 2 aromatic carbocycles. The summed E-state index contributed by atoms with van der Waals surface area (Å²) in [6.45, 7) is 8.88. The van der Waals surface area contributed by atoms with E-state index in [1.165, 1.54) is 5.56 Å². The highest BCUT2D eigenvalue weighted by atomic mass is 16.7. The number of benzene rings is 2. The van der Waals surface area contributed by atoms with Crippen molar-refractivity contribution in [2.24, 2.45) is 0 Å². The third-order valence-corrected chi connectivity index (χ3v) is 4.31. The third-order valence-electron chi connectivity index (χ3n) is 4.31. The van der Waals surface area contributed by atoms with Crippen molar-refractivity contribution < 1.29 is 19.0 Å². The van der Waals surface area contributed by atoms with E-state index in [9.17, 15) is 4.79 Å². The van der Waals surface area contributed by atoms with Gasteiger partial charge in [-0.05, 0) is 47.7 Å². The second-order valence-electron chi connectivity index (χ2n) is 7.44. The molecule has 3 rings (SSSR count). The van der Waals surface area contributed by atoms with Gasteiger partial charge in [-0.3, -0.25) is 4.79 Å². The molecular weight excluding hydrogens is 330 g/mol. The van der Waals surface area contributed by atoms with E-state index in [0.717, 1.165) is 11.3 Å². The van der Waals surface area contributed by atoms with Crippen molar-refractivity contribution in [3.8, 4) is 17.2 Å². The maximum absolute atomic E-state index is 12.3. The second kappa shape index (κ2) is 7.28. The van der Waals surface area contributed by atoms with E-state index < -0.39 is 6.10 Å². The van der Waals surface area contributed by atoms with Gasteiger partial charge < -0.3 is 19.5 Å². The van der Waals surface area contributed by atoms with E-state index in [4.69, 9.17) is 14.2 Å². The van der Waals surface area contributed by atoms with Gasteiger partial charge in [-0.15, -0.1) is 0 Å². The van der Waals surface area contributed by atoms with Crippen molar-refractivity contribution in [3.05, 3.63) is 53.6 Å². The lowest BCUT2D eigenvalue weighted by atomic mass is 9.87. The maximum atomic E-state index is 12.3. The van der Waals surface area contributed by atoms with Crippen LogP contribution in [0.15, 0.2) is 42.5 Å². The minimum atomic E-state index is -0.579. The molecule has 1 aliphatic heterocycles. The standard InChI is InChI=1S/C21H25NO4/c1-14(26-17-8-6-16(7-9-17)21(2,3)4)20(23)22-12-15-5-10-18-19(11-15)25-13-24-18/h5-11,14H,12-13H2,1-4H3,(H,22,23)/t14-/m1/s1. The fraction of sp³-hybridized carbons (Fsp3) is 0.381. The summed E-state index contributed by atoms with van der Waals surface area (Å²) in [5.74, 6) is 1.96. The lowest BCUT2D eigenvalue weighted by Crippen LogP contribution is -2.35.